The van der Waals surface area contributed by atoms with E-state index in [-0.39, 0.29) is 10.6 Å². The van der Waals surface area contributed by atoms with E-state index in [1.54, 1.807) is 36.4 Å². The quantitative estimate of drug-likeness (QED) is 0.483. The fourth-order valence-corrected chi connectivity index (χ4v) is 4.64. The van der Waals surface area contributed by atoms with Crippen molar-refractivity contribution in [2.75, 3.05) is 37.5 Å². The highest BCUT2D eigenvalue weighted by molar-refractivity contribution is 7.92. The lowest BCUT2D eigenvalue weighted by molar-refractivity contribution is -0.114. The number of methoxy groups -OCH3 is 3. The Bertz CT molecular complexity index is 1230. The summed E-state index contributed by atoms with van der Waals surface area (Å²) in [7, 11) is 0.352. The zero-order chi connectivity index (χ0) is 24.0. The highest BCUT2D eigenvalue weighted by Gasteiger charge is 2.28. The summed E-state index contributed by atoms with van der Waals surface area (Å²) < 4.78 is 43.5. The third kappa shape index (κ3) is 5.68. The van der Waals surface area contributed by atoms with Crippen LogP contribution >= 0.6 is 11.6 Å². The average Bonchev–Trinajstić information content (AvgIpc) is 2.82. The molecule has 0 aliphatic rings. The zero-order valence-corrected chi connectivity index (χ0v) is 19.8. The molecular weight excluding hydrogens is 468 g/mol. The summed E-state index contributed by atoms with van der Waals surface area (Å²) in [4.78, 5) is 12.9. The molecule has 0 aromatic heterocycles. The second-order valence-electron chi connectivity index (χ2n) is 6.78. The van der Waals surface area contributed by atoms with Gasteiger partial charge < -0.3 is 19.5 Å². The van der Waals surface area contributed by atoms with Crippen molar-refractivity contribution < 1.29 is 27.4 Å². The first kappa shape index (κ1) is 24.2. The van der Waals surface area contributed by atoms with E-state index in [1.807, 2.05) is 0 Å². The van der Waals surface area contributed by atoms with E-state index in [0.717, 1.165) is 4.31 Å². The summed E-state index contributed by atoms with van der Waals surface area (Å²) in [5, 5.41) is 3.02. The Morgan fingerprint density at radius 3 is 2.18 bits per heavy atom. The number of ether oxygens (including phenoxy) is 3. The number of sulfonamides is 1. The molecule has 0 spiro atoms. The van der Waals surface area contributed by atoms with Gasteiger partial charge in [-0.1, -0.05) is 17.7 Å². The number of carbonyl (C=O) groups excluding carboxylic acids is 1. The number of nitrogens with one attached hydrogen (secondary N) is 1. The highest BCUT2D eigenvalue weighted by atomic mass is 35.5. The van der Waals surface area contributed by atoms with Crippen LogP contribution in [0.5, 0.6) is 17.2 Å². The minimum absolute atomic E-state index is 0.00176. The maximum atomic E-state index is 13.5. The average molecular weight is 491 g/mol. The van der Waals surface area contributed by atoms with Gasteiger partial charge >= 0.3 is 0 Å². The summed E-state index contributed by atoms with van der Waals surface area (Å²) in [5.41, 5.74) is 0.617. The Kier molecular flexibility index (Phi) is 7.67. The molecule has 33 heavy (non-hydrogen) atoms. The summed E-state index contributed by atoms with van der Waals surface area (Å²) in [6.45, 7) is -0.496. The minimum Gasteiger partial charge on any atom is -0.497 e. The topological polar surface area (TPSA) is 94.2 Å². The molecule has 0 unspecified atom stereocenters. The first-order chi connectivity index (χ1) is 15.8. The maximum absolute atomic E-state index is 13.5. The van der Waals surface area contributed by atoms with Crippen LogP contribution in [0.3, 0.4) is 0 Å². The maximum Gasteiger partial charge on any atom is 0.264 e. The normalized spacial score (nSPS) is 10.9. The Hall–Kier alpha value is -3.43. The lowest BCUT2D eigenvalue weighted by atomic mass is 10.2. The molecule has 0 fully saturated rings. The van der Waals surface area contributed by atoms with Crippen LogP contribution in [0, 0.1) is 0 Å². The van der Waals surface area contributed by atoms with Crippen LogP contribution in [-0.4, -0.2) is 42.2 Å². The van der Waals surface area contributed by atoms with Gasteiger partial charge in [0, 0.05) is 11.1 Å². The van der Waals surface area contributed by atoms with Crippen molar-refractivity contribution in [1.82, 2.24) is 0 Å². The van der Waals surface area contributed by atoms with E-state index in [0.29, 0.717) is 28.0 Å². The Labute approximate surface area is 197 Å². The van der Waals surface area contributed by atoms with Crippen molar-refractivity contribution in [3.05, 3.63) is 71.8 Å². The number of hydrogen-bond donors (Lipinski definition) is 1. The molecule has 0 bridgehead atoms. The number of hydrogen-bond acceptors (Lipinski definition) is 6. The predicted molar refractivity (Wildman–Crippen MR) is 127 cm³/mol. The Balaban J connectivity index is 1.94. The van der Waals surface area contributed by atoms with Gasteiger partial charge in [-0.25, -0.2) is 8.42 Å². The molecule has 0 radical (unpaired) electrons. The van der Waals surface area contributed by atoms with Crippen LogP contribution in [-0.2, 0) is 14.8 Å². The molecule has 0 saturated heterocycles. The molecule has 0 aliphatic heterocycles. The van der Waals surface area contributed by atoms with Crippen molar-refractivity contribution in [1.29, 1.82) is 0 Å². The van der Waals surface area contributed by atoms with Gasteiger partial charge in [-0.2, -0.15) is 0 Å². The SMILES string of the molecule is COc1ccc(S(=O)(=O)N(CC(=O)Nc2ccc(OC)cc2OC)c2cccc(Cl)c2)cc1. The Morgan fingerprint density at radius 1 is 0.909 bits per heavy atom. The number of benzene rings is 3. The molecule has 3 aromatic carbocycles. The van der Waals surface area contributed by atoms with E-state index < -0.39 is 22.5 Å². The smallest absolute Gasteiger partial charge is 0.264 e. The molecule has 0 atom stereocenters. The second kappa shape index (κ2) is 10.5. The van der Waals surface area contributed by atoms with Crippen molar-refractivity contribution in [2.24, 2.45) is 0 Å². The monoisotopic (exact) mass is 490 g/mol. The fourth-order valence-electron chi connectivity index (χ4n) is 3.04. The number of nitrogens with zero attached hydrogens (tertiary/aromatic N) is 1. The van der Waals surface area contributed by atoms with Gasteiger partial charge in [-0.15, -0.1) is 0 Å². The van der Waals surface area contributed by atoms with Crippen LogP contribution in [0.25, 0.3) is 0 Å². The van der Waals surface area contributed by atoms with Gasteiger partial charge in [-0.05, 0) is 54.6 Å². The third-order valence-corrected chi connectivity index (χ3v) is 6.74. The van der Waals surface area contributed by atoms with E-state index in [1.165, 1.54) is 51.7 Å². The second-order valence-corrected chi connectivity index (χ2v) is 9.08. The molecule has 8 nitrogen and oxygen atoms in total. The summed E-state index contributed by atoms with van der Waals surface area (Å²) in [6.07, 6.45) is 0. The van der Waals surface area contributed by atoms with Gasteiger partial charge in [0.05, 0.1) is 37.6 Å². The summed E-state index contributed by atoms with van der Waals surface area (Å²) in [5.74, 6) is 0.852. The molecule has 0 saturated carbocycles. The van der Waals surface area contributed by atoms with E-state index in [2.05, 4.69) is 5.32 Å². The molecule has 1 amide bonds. The number of amides is 1. The van der Waals surface area contributed by atoms with E-state index in [9.17, 15) is 13.2 Å². The molecule has 0 heterocycles. The van der Waals surface area contributed by atoms with Crippen molar-refractivity contribution in [3.63, 3.8) is 0 Å². The van der Waals surface area contributed by atoms with Gasteiger partial charge in [0.1, 0.15) is 23.8 Å². The van der Waals surface area contributed by atoms with Crippen molar-refractivity contribution in [2.45, 2.75) is 4.90 Å². The molecule has 1 N–H and O–H groups in total. The largest absolute Gasteiger partial charge is 0.497 e. The van der Waals surface area contributed by atoms with Crippen molar-refractivity contribution in [3.8, 4) is 17.2 Å². The molecule has 0 aliphatic carbocycles. The summed E-state index contributed by atoms with van der Waals surface area (Å²) in [6, 6.07) is 17.0. The minimum atomic E-state index is -4.10. The zero-order valence-electron chi connectivity index (χ0n) is 18.2. The molecule has 174 valence electrons. The lowest BCUT2D eigenvalue weighted by Gasteiger charge is -2.24. The van der Waals surface area contributed by atoms with Crippen molar-refractivity contribution >= 4 is 38.9 Å². The van der Waals surface area contributed by atoms with Crippen LogP contribution in [0.1, 0.15) is 0 Å². The van der Waals surface area contributed by atoms with Crippen LogP contribution in [0.15, 0.2) is 71.6 Å². The van der Waals surface area contributed by atoms with E-state index in [4.69, 9.17) is 25.8 Å². The number of rotatable bonds is 9. The predicted octanol–water partition coefficient (Wildman–Crippen LogP) is 4.20. The van der Waals surface area contributed by atoms with E-state index >= 15 is 0 Å². The number of carbonyl (C=O) groups is 1. The van der Waals surface area contributed by atoms with Crippen LogP contribution in [0.2, 0.25) is 5.02 Å². The Morgan fingerprint density at radius 2 is 1.58 bits per heavy atom. The number of halogens is 1. The number of anilines is 2. The molecule has 3 rings (SSSR count). The summed E-state index contributed by atoms with van der Waals surface area (Å²) >= 11 is 6.09. The molecule has 3 aromatic rings. The van der Waals surface area contributed by atoms with Gasteiger partial charge in [0.15, 0.2) is 0 Å². The van der Waals surface area contributed by atoms with Gasteiger partial charge in [0.25, 0.3) is 10.0 Å². The third-order valence-electron chi connectivity index (χ3n) is 4.71. The van der Waals surface area contributed by atoms with Crippen LogP contribution < -0.4 is 23.8 Å². The van der Waals surface area contributed by atoms with Gasteiger partial charge in [0.2, 0.25) is 5.91 Å². The fraction of sp³-hybridized carbons (Fsp3) is 0.174. The standard InChI is InChI=1S/C23H23ClN2O6S/c1-30-18-7-10-20(11-8-18)33(28,29)26(17-6-4-5-16(24)13-17)15-23(27)25-21-12-9-19(31-2)14-22(21)32-3/h4-14H,15H2,1-3H3,(H,25,27). The first-order valence-corrected chi connectivity index (χ1v) is 11.5. The highest BCUT2D eigenvalue weighted by Crippen LogP contribution is 2.30. The lowest BCUT2D eigenvalue weighted by Crippen LogP contribution is -2.38. The molecular formula is C23H23ClN2O6S. The van der Waals surface area contributed by atoms with Gasteiger partial charge in [-0.3, -0.25) is 9.10 Å². The molecule has 10 heteroatoms. The van der Waals surface area contributed by atoms with Crippen LogP contribution in [0.4, 0.5) is 11.4 Å². The first-order valence-electron chi connectivity index (χ1n) is 9.72.